The number of aliphatic hydroxyl groups excluding tert-OH is 1. The fraction of sp³-hybridized carbons (Fsp3) is 0.889. The van der Waals surface area contributed by atoms with Gasteiger partial charge in [0.2, 0.25) is 0 Å². The van der Waals surface area contributed by atoms with Crippen LogP contribution >= 0.6 is 0 Å². The van der Waals surface area contributed by atoms with Crippen LogP contribution in [0.4, 0.5) is 0 Å². The average Bonchev–Trinajstić information content (AvgIpc) is 2.04. The minimum Gasteiger partial charge on any atom is -0.393 e. The standard InChI is InChI=1S/C9H18O3/c1-3-4-5-6-12-9(7-10)8(2)11/h9-10H,3-7H2,1-2H3. The maximum atomic E-state index is 10.8. The third-order valence-corrected chi connectivity index (χ3v) is 1.69. The summed E-state index contributed by atoms with van der Waals surface area (Å²) in [6.07, 6.45) is 2.59. The molecular formula is C9H18O3. The molecular weight excluding hydrogens is 156 g/mol. The van der Waals surface area contributed by atoms with Crippen LogP contribution < -0.4 is 0 Å². The van der Waals surface area contributed by atoms with Gasteiger partial charge in [-0.15, -0.1) is 0 Å². The van der Waals surface area contributed by atoms with Crippen LogP contribution in [0.15, 0.2) is 0 Å². The smallest absolute Gasteiger partial charge is 0.160 e. The van der Waals surface area contributed by atoms with E-state index in [9.17, 15) is 4.79 Å². The molecule has 3 nitrogen and oxygen atoms in total. The van der Waals surface area contributed by atoms with Crippen molar-refractivity contribution in [3.05, 3.63) is 0 Å². The highest BCUT2D eigenvalue weighted by Gasteiger charge is 2.11. The SMILES string of the molecule is CCCCCOC(CO)C(C)=O. The second-order valence-corrected chi connectivity index (χ2v) is 2.86. The molecule has 0 aliphatic rings. The molecule has 0 fully saturated rings. The largest absolute Gasteiger partial charge is 0.393 e. The van der Waals surface area contributed by atoms with E-state index < -0.39 is 6.10 Å². The number of hydrogen-bond donors (Lipinski definition) is 1. The Bertz CT molecular complexity index is 123. The first kappa shape index (κ1) is 11.6. The maximum Gasteiger partial charge on any atom is 0.160 e. The van der Waals surface area contributed by atoms with Crippen molar-refractivity contribution in [2.45, 2.75) is 39.2 Å². The Balaban J connectivity index is 3.38. The summed E-state index contributed by atoms with van der Waals surface area (Å²) in [4.78, 5) is 10.8. The Morgan fingerprint density at radius 2 is 2.17 bits per heavy atom. The van der Waals surface area contributed by atoms with Crippen LogP contribution in [-0.2, 0) is 9.53 Å². The fourth-order valence-electron chi connectivity index (χ4n) is 0.876. The van der Waals surface area contributed by atoms with Gasteiger partial charge in [0.05, 0.1) is 6.61 Å². The summed E-state index contributed by atoms with van der Waals surface area (Å²) in [6, 6.07) is 0. The molecule has 72 valence electrons. The summed E-state index contributed by atoms with van der Waals surface area (Å²) in [7, 11) is 0. The number of rotatable bonds is 7. The summed E-state index contributed by atoms with van der Waals surface area (Å²) >= 11 is 0. The summed E-state index contributed by atoms with van der Waals surface area (Å²) in [5.74, 6) is -0.103. The molecule has 0 rings (SSSR count). The lowest BCUT2D eigenvalue weighted by atomic mass is 10.2. The van der Waals surface area contributed by atoms with Crippen molar-refractivity contribution in [1.29, 1.82) is 0 Å². The number of Topliss-reactive ketones (excluding diaryl/α,β-unsaturated/α-hetero) is 1. The number of ether oxygens (including phenoxy) is 1. The van der Waals surface area contributed by atoms with Crippen LogP contribution in [0, 0.1) is 0 Å². The average molecular weight is 174 g/mol. The topological polar surface area (TPSA) is 46.5 Å². The highest BCUT2D eigenvalue weighted by atomic mass is 16.5. The third kappa shape index (κ3) is 5.27. The Morgan fingerprint density at radius 3 is 2.58 bits per heavy atom. The summed E-state index contributed by atoms with van der Waals surface area (Å²) in [5, 5.41) is 8.71. The van der Waals surface area contributed by atoms with E-state index in [-0.39, 0.29) is 12.4 Å². The first-order valence-electron chi connectivity index (χ1n) is 4.45. The molecule has 0 bridgehead atoms. The predicted octanol–water partition coefficient (Wildman–Crippen LogP) is 1.14. The first-order valence-corrected chi connectivity index (χ1v) is 4.45. The van der Waals surface area contributed by atoms with Gasteiger partial charge >= 0.3 is 0 Å². The number of unbranched alkanes of at least 4 members (excludes halogenated alkanes) is 2. The van der Waals surface area contributed by atoms with E-state index in [0.29, 0.717) is 6.61 Å². The Kier molecular flexibility index (Phi) is 7.00. The van der Waals surface area contributed by atoms with Gasteiger partial charge in [0.25, 0.3) is 0 Å². The van der Waals surface area contributed by atoms with Crippen molar-refractivity contribution in [1.82, 2.24) is 0 Å². The molecule has 0 saturated heterocycles. The van der Waals surface area contributed by atoms with Gasteiger partial charge in [0.1, 0.15) is 6.10 Å². The van der Waals surface area contributed by atoms with Crippen molar-refractivity contribution in [3.63, 3.8) is 0 Å². The zero-order chi connectivity index (χ0) is 9.40. The van der Waals surface area contributed by atoms with Gasteiger partial charge < -0.3 is 9.84 Å². The molecule has 1 atom stereocenters. The molecule has 0 aliphatic carbocycles. The van der Waals surface area contributed by atoms with Crippen molar-refractivity contribution in [3.8, 4) is 0 Å². The number of carbonyl (C=O) groups excluding carboxylic acids is 1. The second-order valence-electron chi connectivity index (χ2n) is 2.86. The van der Waals surface area contributed by atoms with E-state index in [2.05, 4.69) is 6.92 Å². The molecule has 0 heterocycles. The van der Waals surface area contributed by atoms with Gasteiger partial charge in [-0.25, -0.2) is 0 Å². The Hall–Kier alpha value is -0.410. The maximum absolute atomic E-state index is 10.8. The zero-order valence-electron chi connectivity index (χ0n) is 7.88. The molecule has 0 aliphatic heterocycles. The van der Waals surface area contributed by atoms with E-state index in [1.807, 2.05) is 0 Å². The van der Waals surface area contributed by atoms with Crippen LogP contribution in [0.2, 0.25) is 0 Å². The van der Waals surface area contributed by atoms with Gasteiger partial charge in [-0.1, -0.05) is 19.8 Å². The molecule has 0 radical (unpaired) electrons. The van der Waals surface area contributed by atoms with Gasteiger partial charge in [-0.3, -0.25) is 4.79 Å². The molecule has 1 unspecified atom stereocenters. The molecule has 1 N–H and O–H groups in total. The fourth-order valence-corrected chi connectivity index (χ4v) is 0.876. The molecule has 0 aromatic heterocycles. The van der Waals surface area contributed by atoms with Gasteiger partial charge in [0.15, 0.2) is 5.78 Å². The summed E-state index contributed by atoms with van der Waals surface area (Å²) in [6.45, 7) is 3.90. The minimum atomic E-state index is -0.609. The highest BCUT2D eigenvalue weighted by molar-refractivity contribution is 5.80. The van der Waals surface area contributed by atoms with Gasteiger partial charge in [-0.05, 0) is 13.3 Å². The number of aliphatic hydroxyl groups is 1. The molecule has 0 spiro atoms. The molecule has 3 heteroatoms. The second kappa shape index (κ2) is 7.25. The van der Waals surface area contributed by atoms with Crippen LogP contribution in [-0.4, -0.2) is 30.2 Å². The quantitative estimate of drug-likeness (QED) is 0.589. The van der Waals surface area contributed by atoms with Gasteiger partial charge in [-0.2, -0.15) is 0 Å². The Labute approximate surface area is 73.7 Å². The number of carbonyl (C=O) groups is 1. The van der Waals surface area contributed by atoms with Crippen LogP contribution in [0.5, 0.6) is 0 Å². The summed E-state index contributed by atoms with van der Waals surface area (Å²) in [5.41, 5.74) is 0. The van der Waals surface area contributed by atoms with E-state index in [4.69, 9.17) is 9.84 Å². The van der Waals surface area contributed by atoms with Crippen molar-refractivity contribution in [2.75, 3.05) is 13.2 Å². The lowest BCUT2D eigenvalue weighted by molar-refractivity contribution is -0.130. The van der Waals surface area contributed by atoms with Crippen molar-refractivity contribution >= 4 is 5.78 Å². The van der Waals surface area contributed by atoms with Crippen LogP contribution in [0.3, 0.4) is 0 Å². The van der Waals surface area contributed by atoms with Crippen LogP contribution in [0.25, 0.3) is 0 Å². The van der Waals surface area contributed by atoms with E-state index in [1.165, 1.54) is 6.92 Å². The van der Waals surface area contributed by atoms with Crippen molar-refractivity contribution in [2.24, 2.45) is 0 Å². The monoisotopic (exact) mass is 174 g/mol. The lowest BCUT2D eigenvalue weighted by Crippen LogP contribution is -2.26. The normalized spacial score (nSPS) is 12.9. The number of hydrogen-bond acceptors (Lipinski definition) is 3. The molecule has 0 saturated carbocycles. The van der Waals surface area contributed by atoms with Gasteiger partial charge in [0, 0.05) is 6.61 Å². The summed E-state index contributed by atoms with van der Waals surface area (Å²) < 4.78 is 5.16. The molecule has 0 amide bonds. The molecule has 12 heavy (non-hydrogen) atoms. The zero-order valence-corrected chi connectivity index (χ0v) is 7.88. The predicted molar refractivity (Wildman–Crippen MR) is 47.0 cm³/mol. The van der Waals surface area contributed by atoms with E-state index >= 15 is 0 Å². The van der Waals surface area contributed by atoms with Crippen molar-refractivity contribution < 1.29 is 14.6 Å². The van der Waals surface area contributed by atoms with E-state index in [1.54, 1.807) is 0 Å². The third-order valence-electron chi connectivity index (χ3n) is 1.69. The lowest BCUT2D eigenvalue weighted by Gasteiger charge is -2.11. The van der Waals surface area contributed by atoms with E-state index in [0.717, 1.165) is 19.3 Å². The Morgan fingerprint density at radius 1 is 1.50 bits per heavy atom. The number of ketones is 1. The molecule has 0 aromatic carbocycles. The minimum absolute atomic E-state index is 0.103. The first-order chi connectivity index (χ1) is 5.72. The molecule has 0 aromatic rings. The van der Waals surface area contributed by atoms with Crippen LogP contribution in [0.1, 0.15) is 33.1 Å². The highest BCUT2D eigenvalue weighted by Crippen LogP contribution is 1.98.